The Hall–Kier alpha value is -2.63. The molecule has 0 aliphatic rings. The van der Waals surface area contributed by atoms with Crippen LogP contribution in [-0.4, -0.2) is 25.7 Å². The molecule has 0 aliphatic carbocycles. The van der Waals surface area contributed by atoms with Crippen LogP contribution < -0.4 is 0 Å². The van der Waals surface area contributed by atoms with Crippen LogP contribution in [0.1, 0.15) is 47.2 Å². The number of aliphatic hydroxyl groups is 1. The van der Waals surface area contributed by atoms with Gasteiger partial charge in [-0.1, -0.05) is 67.4 Å². The number of carboxylic acid groups (broad SMARTS) is 1. The van der Waals surface area contributed by atoms with Gasteiger partial charge < -0.3 is 14.8 Å². The van der Waals surface area contributed by atoms with Crippen molar-refractivity contribution >= 4 is 17.6 Å². The van der Waals surface area contributed by atoms with E-state index in [0.29, 0.717) is 23.0 Å². The van der Waals surface area contributed by atoms with Crippen LogP contribution in [0.3, 0.4) is 0 Å². The molecule has 1 aromatic heterocycles. The van der Waals surface area contributed by atoms with Gasteiger partial charge in [-0.2, -0.15) is 0 Å². The van der Waals surface area contributed by atoms with Crippen LogP contribution in [0.5, 0.6) is 0 Å². The van der Waals surface area contributed by atoms with Gasteiger partial charge in [0.25, 0.3) is 0 Å². The summed E-state index contributed by atoms with van der Waals surface area (Å²) in [7, 11) is 0. The molecule has 5 nitrogen and oxygen atoms in total. The van der Waals surface area contributed by atoms with Crippen molar-refractivity contribution in [1.82, 2.24) is 9.55 Å². The number of benzene rings is 2. The molecule has 3 aromatic rings. The summed E-state index contributed by atoms with van der Waals surface area (Å²) in [5, 5.41) is 19.6. The van der Waals surface area contributed by atoms with Crippen LogP contribution in [0.2, 0.25) is 5.15 Å². The minimum atomic E-state index is -0.973. The molecule has 0 aliphatic heterocycles. The van der Waals surface area contributed by atoms with Gasteiger partial charge in [0, 0.05) is 6.42 Å². The lowest BCUT2D eigenvalue weighted by molar-refractivity contribution is 0.0697. The van der Waals surface area contributed by atoms with Crippen molar-refractivity contribution in [2.45, 2.75) is 39.3 Å². The first-order chi connectivity index (χ1) is 13.5. The van der Waals surface area contributed by atoms with Crippen molar-refractivity contribution in [3.8, 4) is 11.1 Å². The molecule has 0 saturated carbocycles. The lowest BCUT2D eigenvalue weighted by Gasteiger charge is -2.12. The summed E-state index contributed by atoms with van der Waals surface area (Å²) in [6.07, 6.45) is 2.74. The van der Waals surface area contributed by atoms with E-state index in [0.717, 1.165) is 36.2 Å². The molecule has 0 atom stereocenters. The lowest BCUT2D eigenvalue weighted by Crippen LogP contribution is -2.08. The molecule has 0 unspecified atom stereocenters. The van der Waals surface area contributed by atoms with Crippen molar-refractivity contribution in [3.05, 3.63) is 76.3 Å². The molecule has 0 fully saturated rings. The summed E-state index contributed by atoms with van der Waals surface area (Å²) >= 11 is 6.41. The fourth-order valence-corrected chi connectivity index (χ4v) is 3.50. The van der Waals surface area contributed by atoms with Crippen LogP contribution in [0.15, 0.2) is 48.5 Å². The number of hydrogen-bond acceptors (Lipinski definition) is 3. The minimum absolute atomic E-state index is 0.224. The second kappa shape index (κ2) is 9.04. The number of imidazole rings is 1. The Morgan fingerprint density at radius 2 is 1.93 bits per heavy atom. The Bertz CT molecular complexity index is 967. The highest BCUT2D eigenvalue weighted by molar-refractivity contribution is 6.30. The summed E-state index contributed by atoms with van der Waals surface area (Å²) in [5.74, 6) is -0.167. The van der Waals surface area contributed by atoms with Crippen LogP contribution >= 0.6 is 11.6 Å². The molecule has 0 amide bonds. The van der Waals surface area contributed by atoms with Crippen molar-refractivity contribution < 1.29 is 15.0 Å². The maximum absolute atomic E-state index is 11.8. The molecule has 0 radical (unpaired) electrons. The molecule has 0 saturated heterocycles. The second-order valence-corrected chi connectivity index (χ2v) is 7.02. The van der Waals surface area contributed by atoms with Gasteiger partial charge in [-0.05, 0) is 29.2 Å². The smallest absolute Gasteiger partial charge is 0.336 e. The van der Waals surface area contributed by atoms with E-state index in [1.807, 2.05) is 47.0 Å². The van der Waals surface area contributed by atoms with Crippen molar-refractivity contribution in [2.24, 2.45) is 0 Å². The summed E-state index contributed by atoms with van der Waals surface area (Å²) in [6.45, 7) is 2.28. The normalized spacial score (nSPS) is 11.0. The van der Waals surface area contributed by atoms with Crippen LogP contribution in [-0.2, 0) is 19.6 Å². The number of hydrogen-bond donors (Lipinski definition) is 2. The van der Waals surface area contributed by atoms with Crippen LogP contribution in [0, 0.1) is 0 Å². The van der Waals surface area contributed by atoms with Gasteiger partial charge >= 0.3 is 5.97 Å². The maximum Gasteiger partial charge on any atom is 0.336 e. The zero-order chi connectivity index (χ0) is 20.1. The molecule has 3 rings (SSSR count). The maximum atomic E-state index is 11.8. The average Bonchev–Trinajstić information content (AvgIpc) is 3.01. The van der Waals surface area contributed by atoms with Crippen molar-refractivity contribution in [2.75, 3.05) is 0 Å². The first-order valence-electron chi connectivity index (χ1n) is 9.31. The Labute approximate surface area is 169 Å². The standard InChI is InChI=1S/C22H23ClN2O3/c1-2-3-9-20-24-19(14-26)21(23)25(20)13-15-10-11-17(18(12-15)22(27)28)16-7-5-4-6-8-16/h4-8,10-12,26H,2-3,9,13-14H2,1H3,(H,27,28). The molecular weight excluding hydrogens is 376 g/mol. The Kier molecular flexibility index (Phi) is 6.49. The summed E-state index contributed by atoms with van der Waals surface area (Å²) < 4.78 is 1.85. The van der Waals surface area contributed by atoms with Crippen LogP contribution in [0.25, 0.3) is 11.1 Å². The lowest BCUT2D eigenvalue weighted by atomic mass is 9.97. The third-order valence-corrected chi connectivity index (χ3v) is 5.12. The molecule has 0 spiro atoms. The van der Waals surface area contributed by atoms with Gasteiger partial charge in [-0.25, -0.2) is 9.78 Å². The molecule has 6 heteroatoms. The van der Waals surface area contributed by atoms with Crippen molar-refractivity contribution in [3.63, 3.8) is 0 Å². The van der Waals surface area contributed by atoms with E-state index in [-0.39, 0.29) is 12.2 Å². The zero-order valence-electron chi connectivity index (χ0n) is 15.7. The summed E-state index contributed by atoms with van der Waals surface area (Å²) in [5.41, 5.74) is 3.05. The Morgan fingerprint density at radius 1 is 1.18 bits per heavy atom. The first kappa shape index (κ1) is 20.1. The number of aromatic carboxylic acids is 1. The van der Waals surface area contributed by atoms with E-state index in [9.17, 15) is 15.0 Å². The third kappa shape index (κ3) is 4.26. The van der Waals surface area contributed by atoms with E-state index < -0.39 is 5.97 Å². The topological polar surface area (TPSA) is 75.4 Å². The predicted molar refractivity (Wildman–Crippen MR) is 110 cm³/mol. The number of carboxylic acids is 1. The quantitative estimate of drug-likeness (QED) is 0.572. The van der Waals surface area contributed by atoms with E-state index >= 15 is 0 Å². The fraction of sp³-hybridized carbons (Fsp3) is 0.273. The van der Waals surface area contributed by atoms with E-state index in [2.05, 4.69) is 11.9 Å². The van der Waals surface area contributed by atoms with E-state index in [1.54, 1.807) is 6.07 Å². The van der Waals surface area contributed by atoms with Gasteiger partial charge in [0.15, 0.2) is 0 Å². The molecule has 28 heavy (non-hydrogen) atoms. The molecule has 0 bridgehead atoms. The van der Waals surface area contributed by atoms with Gasteiger partial charge in [0.2, 0.25) is 0 Å². The summed E-state index contributed by atoms with van der Waals surface area (Å²) in [6, 6.07) is 14.9. The second-order valence-electron chi connectivity index (χ2n) is 6.66. The van der Waals surface area contributed by atoms with Crippen LogP contribution in [0.4, 0.5) is 0 Å². The number of halogens is 1. The number of unbranched alkanes of at least 4 members (excludes halogenated alkanes) is 1. The molecular formula is C22H23ClN2O3. The number of nitrogens with zero attached hydrogens (tertiary/aromatic N) is 2. The first-order valence-corrected chi connectivity index (χ1v) is 9.69. The van der Waals surface area contributed by atoms with Gasteiger partial charge in [0.1, 0.15) is 16.7 Å². The summed E-state index contributed by atoms with van der Waals surface area (Å²) in [4.78, 5) is 16.3. The number of aryl methyl sites for hydroxylation is 1. The zero-order valence-corrected chi connectivity index (χ0v) is 16.5. The highest BCUT2D eigenvalue weighted by Crippen LogP contribution is 2.27. The largest absolute Gasteiger partial charge is 0.478 e. The van der Waals surface area contributed by atoms with Gasteiger partial charge in [-0.15, -0.1) is 0 Å². The van der Waals surface area contributed by atoms with Crippen molar-refractivity contribution in [1.29, 1.82) is 0 Å². The fourth-order valence-electron chi connectivity index (χ4n) is 3.24. The predicted octanol–water partition coefficient (Wildman–Crippen LogP) is 4.78. The number of aromatic nitrogens is 2. The Balaban J connectivity index is 1.98. The number of carbonyl (C=O) groups is 1. The average molecular weight is 399 g/mol. The highest BCUT2D eigenvalue weighted by atomic mass is 35.5. The third-order valence-electron chi connectivity index (χ3n) is 4.69. The van der Waals surface area contributed by atoms with E-state index in [1.165, 1.54) is 0 Å². The monoisotopic (exact) mass is 398 g/mol. The minimum Gasteiger partial charge on any atom is -0.478 e. The molecule has 2 N–H and O–H groups in total. The van der Waals surface area contributed by atoms with E-state index in [4.69, 9.17) is 11.6 Å². The van der Waals surface area contributed by atoms with Gasteiger partial charge in [-0.3, -0.25) is 0 Å². The molecule has 1 heterocycles. The Morgan fingerprint density at radius 3 is 2.57 bits per heavy atom. The molecule has 2 aromatic carbocycles. The number of rotatable bonds is 8. The molecule has 146 valence electrons. The highest BCUT2D eigenvalue weighted by Gasteiger charge is 2.17. The van der Waals surface area contributed by atoms with Gasteiger partial charge in [0.05, 0.1) is 18.7 Å². The SMILES string of the molecule is CCCCc1nc(CO)c(Cl)n1Cc1ccc(-c2ccccc2)c(C(=O)O)c1. The number of aliphatic hydroxyl groups excluding tert-OH is 1.